The Morgan fingerprint density at radius 1 is 1.05 bits per heavy atom. The second-order valence-electron chi connectivity index (χ2n) is 11.2. The number of alkyl halides is 1. The lowest BCUT2D eigenvalue weighted by molar-refractivity contribution is -0.130. The van der Waals surface area contributed by atoms with Crippen molar-refractivity contribution in [3.8, 4) is 0 Å². The van der Waals surface area contributed by atoms with Crippen LogP contribution in [0, 0.1) is 5.92 Å². The Morgan fingerprint density at radius 3 is 2.33 bits per heavy atom. The lowest BCUT2D eigenvalue weighted by Crippen LogP contribution is -2.52. The monoisotopic (exact) mass is 622 g/mol. The van der Waals surface area contributed by atoms with Gasteiger partial charge in [0.05, 0.1) is 16.7 Å². The van der Waals surface area contributed by atoms with Crippen molar-refractivity contribution in [1.29, 1.82) is 0 Å². The normalized spacial score (nSPS) is 23.4. The smallest absolute Gasteiger partial charge is 0.272 e. The average Bonchev–Trinajstić information content (AvgIpc) is 2.98. The molecule has 9 nitrogen and oxygen atoms in total. The van der Waals surface area contributed by atoms with Crippen LogP contribution in [0.25, 0.3) is 0 Å². The van der Waals surface area contributed by atoms with Gasteiger partial charge in [-0.15, -0.1) is 0 Å². The molecule has 0 saturated carbocycles. The maximum Gasteiger partial charge on any atom is 0.272 e. The van der Waals surface area contributed by atoms with Gasteiger partial charge in [-0.2, -0.15) is 0 Å². The number of nitrogens with zero attached hydrogens (tertiary/aromatic N) is 3. The summed E-state index contributed by atoms with van der Waals surface area (Å²) in [6.45, 7) is 10.4. The van der Waals surface area contributed by atoms with Crippen LogP contribution in [0.5, 0.6) is 0 Å². The topological polar surface area (TPSA) is 112 Å². The Hall–Kier alpha value is -2.66. The van der Waals surface area contributed by atoms with Crippen LogP contribution in [0.1, 0.15) is 46.0 Å². The third kappa shape index (κ3) is 8.24. The highest BCUT2D eigenvalue weighted by Crippen LogP contribution is 2.28. The SMILES string of the molecule is C=C(Nc1ccc(Cl)c(Cl)c1)/C(C)=C(\N=C(N)C1CCN(C(C)=O)CC1)C(=O)N1CCC(N[C@@H]2CCOC[C@@H]2F)CC1. The van der Waals surface area contributed by atoms with Crippen molar-refractivity contribution in [2.24, 2.45) is 16.6 Å². The van der Waals surface area contributed by atoms with Gasteiger partial charge < -0.3 is 30.9 Å². The summed E-state index contributed by atoms with van der Waals surface area (Å²) in [5.41, 5.74) is 8.43. The van der Waals surface area contributed by atoms with Crippen LogP contribution in [0.3, 0.4) is 0 Å². The van der Waals surface area contributed by atoms with Crippen molar-refractivity contribution in [2.45, 2.75) is 64.2 Å². The quantitative estimate of drug-likeness (QED) is 0.170. The maximum absolute atomic E-state index is 14.3. The number of likely N-dealkylation sites (tertiary alicyclic amines) is 2. The van der Waals surface area contributed by atoms with E-state index in [1.54, 1.807) is 41.8 Å². The zero-order valence-electron chi connectivity index (χ0n) is 24.3. The minimum absolute atomic E-state index is 0.0389. The molecular weight excluding hydrogens is 582 g/mol. The van der Waals surface area contributed by atoms with Gasteiger partial charge in [0, 0.05) is 74.7 Å². The van der Waals surface area contributed by atoms with Gasteiger partial charge in [0.25, 0.3) is 5.91 Å². The van der Waals surface area contributed by atoms with Crippen LogP contribution < -0.4 is 16.4 Å². The van der Waals surface area contributed by atoms with E-state index in [1.165, 1.54) is 0 Å². The predicted molar refractivity (Wildman–Crippen MR) is 165 cm³/mol. The van der Waals surface area contributed by atoms with Gasteiger partial charge in [-0.1, -0.05) is 29.8 Å². The number of benzene rings is 1. The number of anilines is 1. The molecule has 3 aliphatic heterocycles. The van der Waals surface area contributed by atoms with Gasteiger partial charge in [-0.25, -0.2) is 9.38 Å². The molecule has 2 atom stereocenters. The maximum atomic E-state index is 14.3. The summed E-state index contributed by atoms with van der Waals surface area (Å²) in [6.07, 6.45) is 2.37. The summed E-state index contributed by atoms with van der Waals surface area (Å²) in [6, 6.07) is 5.03. The minimum Gasteiger partial charge on any atom is -0.387 e. The fourth-order valence-corrected chi connectivity index (χ4v) is 5.88. The Labute approximate surface area is 257 Å². The third-order valence-corrected chi connectivity index (χ3v) is 9.08. The van der Waals surface area contributed by atoms with Crippen LogP contribution in [0.15, 0.2) is 46.7 Å². The van der Waals surface area contributed by atoms with Gasteiger partial charge in [-0.3, -0.25) is 9.59 Å². The highest BCUT2D eigenvalue weighted by molar-refractivity contribution is 6.42. The third-order valence-electron chi connectivity index (χ3n) is 8.34. The van der Waals surface area contributed by atoms with Gasteiger partial charge in [0.15, 0.2) is 0 Å². The first-order valence-electron chi connectivity index (χ1n) is 14.5. The van der Waals surface area contributed by atoms with E-state index in [9.17, 15) is 14.0 Å². The highest BCUT2D eigenvalue weighted by atomic mass is 35.5. The number of allylic oxidation sites excluding steroid dienone is 1. The number of amides is 2. The van der Waals surface area contributed by atoms with Crippen molar-refractivity contribution in [1.82, 2.24) is 15.1 Å². The Balaban J connectivity index is 1.51. The number of rotatable bonds is 8. The first-order chi connectivity index (χ1) is 20.0. The molecule has 0 unspecified atom stereocenters. The molecule has 12 heteroatoms. The van der Waals surface area contributed by atoms with Crippen LogP contribution in [-0.4, -0.2) is 85.1 Å². The van der Waals surface area contributed by atoms with E-state index in [1.807, 2.05) is 0 Å². The van der Waals surface area contributed by atoms with E-state index in [-0.39, 0.29) is 42.1 Å². The molecule has 42 heavy (non-hydrogen) atoms. The fraction of sp³-hybridized carbons (Fsp3) is 0.567. The number of carbonyl (C=O) groups is 2. The number of ether oxygens (including phenoxy) is 1. The van der Waals surface area contributed by atoms with Crippen LogP contribution in [0.4, 0.5) is 10.1 Å². The predicted octanol–water partition coefficient (Wildman–Crippen LogP) is 4.52. The first-order valence-corrected chi connectivity index (χ1v) is 15.3. The van der Waals surface area contributed by atoms with E-state index in [0.717, 1.165) is 0 Å². The second-order valence-corrected chi connectivity index (χ2v) is 12.1. The molecule has 4 N–H and O–H groups in total. The zero-order valence-corrected chi connectivity index (χ0v) is 25.8. The molecule has 0 bridgehead atoms. The second kappa shape index (κ2) is 14.7. The first kappa shape index (κ1) is 32.3. The molecule has 1 aromatic rings. The number of hydrogen-bond donors (Lipinski definition) is 3. The molecule has 230 valence electrons. The number of hydrogen-bond acceptors (Lipinski definition) is 6. The number of nitrogens with two attached hydrogens (primary N) is 1. The standard InChI is InChI=1S/C30H41Cl2FN6O3/c1-18(19(2)35-23-4-5-24(31)25(32)16-23)28(37-29(34)21-6-11-38(12-7-21)20(3)40)30(41)39-13-8-22(9-14-39)36-27-10-15-42-17-26(27)33/h4-5,16,21-22,26-27,35-36H,2,6-15,17H2,1,3H3,(H2,34,37)/b28-18-/t26-,27+/m0/s1. The molecule has 2 amide bonds. The number of aliphatic imine (C=N–C) groups is 1. The molecule has 3 aliphatic rings. The molecule has 1 aromatic carbocycles. The molecular formula is C30H41Cl2FN6O3. The van der Waals surface area contributed by atoms with Gasteiger partial charge in [-0.05, 0) is 57.2 Å². The van der Waals surface area contributed by atoms with E-state index in [2.05, 4.69) is 17.2 Å². The van der Waals surface area contributed by atoms with E-state index < -0.39 is 6.17 Å². The van der Waals surface area contributed by atoms with Gasteiger partial charge in [0.1, 0.15) is 17.7 Å². The van der Waals surface area contributed by atoms with Crippen molar-refractivity contribution < 1.29 is 18.7 Å². The summed E-state index contributed by atoms with van der Waals surface area (Å²) >= 11 is 12.3. The van der Waals surface area contributed by atoms with Crippen LogP contribution in [-0.2, 0) is 14.3 Å². The summed E-state index contributed by atoms with van der Waals surface area (Å²) < 4.78 is 19.5. The fourth-order valence-electron chi connectivity index (χ4n) is 5.58. The van der Waals surface area contributed by atoms with Crippen LogP contribution in [0.2, 0.25) is 10.0 Å². The number of amidine groups is 1. The molecule has 4 rings (SSSR count). The minimum atomic E-state index is -1.02. The van der Waals surface area contributed by atoms with Crippen molar-refractivity contribution in [2.75, 3.05) is 44.7 Å². The molecule has 0 radical (unpaired) electrons. The van der Waals surface area contributed by atoms with Crippen LogP contribution >= 0.6 is 23.2 Å². The van der Waals surface area contributed by atoms with Gasteiger partial charge >= 0.3 is 0 Å². The number of halogens is 3. The van der Waals surface area contributed by atoms with Crippen molar-refractivity contribution in [3.05, 3.63) is 51.8 Å². The van der Waals surface area contributed by atoms with Gasteiger partial charge in [0.2, 0.25) is 5.91 Å². The zero-order chi connectivity index (χ0) is 30.4. The average molecular weight is 624 g/mol. The summed E-state index contributed by atoms with van der Waals surface area (Å²) in [4.78, 5) is 34.0. The highest BCUT2D eigenvalue weighted by Gasteiger charge is 2.32. The number of nitrogens with one attached hydrogen (secondary N) is 2. The summed E-state index contributed by atoms with van der Waals surface area (Å²) in [5.74, 6) is 0.127. The Kier molecular flexibility index (Phi) is 11.3. The molecule has 0 spiro atoms. The lowest BCUT2D eigenvalue weighted by atomic mass is 9.95. The lowest BCUT2D eigenvalue weighted by Gasteiger charge is -2.36. The number of piperidine rings is 2. The summed E-state index contributed by atoms with van der Waals surface area (Å²) in [5, 5.41) is 7.46. The molecule has 0 aliphatic carbocycles. The molecule has 3 fully saturated rings. The molecule has 3 saturated heterocycles. The molecule has 0 aromatic heterocycles. The Morgan fingerprint density at radius 2 is 1.71 bits per heavy atom. The van der Waals surface area contributed by atoms with Crippen molar-refractivity contribution in [3.63, 3.8) is 0 Å². The summed E-state index contributed by atoms with van der Waals surface area (Å²) in [7, 11) is 0. The number of carbonyl (C=O) groups excluding carboxylic acids is 2. The Bertz CT molecular complexity index is 1230. The van der Waals surface area contributed by atoms with Crippen molar-refractivity contribution >= 4 is 46.5 Å². The largest absolute Gasteiger partial charge is 0.387 e. The van der Waals surface area contributed by atoms with E-state index >= 15 is 0 Å². The molecule has 3 heterocycles. The van der Waals surface area contributed by atoms with E-state index in [0.29, 0.717) is 97.7 Å². The van der Waals surface area contributed by atoms with E-state index in [4.69, 9.17) is 38.7 Å².